The Hall–Kier alpha value is -2.02. The largest absolute Gasteiger partial charge is 0.387 e. The Balaban J connectivity index is 2.78. The Morgan fingerprint density at radius 3 is 2.88 bits per heavy atom. The first-order valence-electron chi connectivity index (χ1n) is 5.18. The number of rotatable bonds is 2. The van der Waals surface area contributed by atoms with E-state index in [0.29, 0.717) is 12.1 Å². The maximum Gasteiger partial charge on any atom is 0.329 e. The number of hydrogen-bond donors (Lipinski definition) is 2. The van der Waals surface area contributed by atoms with Gasteiger partial charge in [-0.1, -0.05) is 6.92 Å². The highest BCUT2D eigenvalue weighted by Crippen LogP contribution is 2.13. The minimum Gasteiger partial charge on any atom is -0.387 e. The minimum absolute atomic E-state index is 0.0529. The number of aliphatic hydroxyl groups excluding tert-OH is 1. The van der Waals surface area contributed by atoms with E-state index in [9.17, 15) is 14.7 Å². The lowest BCUT2D eigenvalue weighted by molar-refractivity contribution is 0.169. The van der Waals surface area contributed by atoms with E-state index in [4.69, 9.17) is 0 Å². The molecule has 0 aromatic carbocycles. The standard InChI is InChI=1S/C10H12N4O3/c1-3-6(15)5-4-11-8-7(12-5)9(16)14(2)10(17)13-8/h4,6,15H,3H2,1-2H3,(H,11,13,17)/t6-/m0/s1. The number of hydrogen-bond acceptors (Lipinski definition) is 5. The summed E-state index contributed by atoms with van der Waals surface area (Å²) >= 11 is 0. The fraction of sp³-hybridized carbons (Fsp3) is 0.400. The van der Waals surface area contributed by atoms with Gasteiger partial charge in [-0.05, 0) is 6.42 Å². The second-order valence-electron chi connectivity index (χ2n) is 3.71. The van der Waals surface area contributed by atoms with Crippen LogP contribution in [-0.2, 0) is 7.05 Å². The smallest absolute Gasteiger partial charge is 0.329 e. The molecule has 0 amide bonds. The van der Waals surface area contributed by atoms with Crippen LogP contribution in [-0.4, -0.2) is 24.6 Å². The predicted molar refractivity (Wildman–Crippen MR) is 60.7 cm³/mol. The van der Waals surface area contributed by atoms with E-state index in [2.05, 4.69) is 15.0 Å². The van der Waals surface area contributed by atoms with Gasteiger partial charge in [-0.25, -0.2) is 14.8 Å². The fourth-order valence-corrected chi connectivity index (χ4v) is 1.45. The SMILES string of the molecule is CC[C@H](O)c1cnc2[nH]c(=O)n(C)c(=O)c2n1. The van der Waals surface area contributed by atoms with Crippen molar-refractivity contribution in [2.75, 3.05) is 0 Å². The molecular formula is C10H12N4O3. The highest BCUT2D eigenvalue weighted by molar-refractivity contribution is 5.67. The van der Waals surface area contributed by atoms with Gasteiger partial charge in [-0.2, -0.15) is 0 Å². The van der Waals surface area contributed by atoms with Crippen LogP contribution < -0.4 is 11.2 Å². The molecule has 2 rings (SSSR count). The Kier molecular flexibility index (Phi) is 2.76. The normalized spacial score (nSPS) is 12.9. The van der Waals surface area contributed by atoms with Gasteiger partial charge in [0.25, 0.3) is 5.56 Å². The van der Waals surface area contributed by atoms with E-state index in [-0.39, 0.29) is 11.2 Å². The van der Waals surface area contributed by atoms with Crippen molar-refractivity contribution < 1.29 is 5.11 Å². The zero-order chi connectivity index (χ0) is 12.6. The highest BCUT2D eigenvalue weighted by Gasteiger charge is 2.12. The Morgan fingerprint density at radius 2 is 2.24 bits per heavy atom. The lowest BCUT2D eigenvalue weighted by Crippen LogP contribution is -2.33. The van der Waals surface area contributed by atoms with Crippen molar-refractivity contribution >= 4 is 11.2 Å². The van der Waals surface area contributed by atoms with E-state index in [0.717, 1.165) is 4.57 Å². The summed E-state index contributed by atoms with van der Waals surface area (Å²) in [5, 5.41) is 9.62. The maximum atomic E-state index is 11.8. The third-order valence-corrected chi connectivity index (χ3v) is 2.56. The molecule has 7 heteroatoms. The average Bonchev–Trinajstić information content (AvgIpc) is 2.35. The zero-order valence-electron chi connectivity index (χ0n) is 9.47. The number of aliphatic hydroxyl groups is 1. The summed E-state index contributed by atoms with van der Waals surface area (Å²) in [6.45, 7) is 1.79. The fourth-order valence-electron chi connectivity index (χ4n) is 1.45. The molecule has 2 aromatic rings. The van der Waals surface area contributed by atoms with Crippen molar-refractivity contribution in [2.45, 2.75) is 19.4 Å². The number of aromatic nitrogens is 4. The molecule has 2 N–H and O–H groups in total. The molecule has 1 atom stereocenters. The molecule has 0 saturated carbocycles. The van der Waals surface area contributed by atoms with E-state index in [1.165, 1.54) is 13.2 Å². The molecule has 2 heterocycles. The third kappa shape index (κ3) is 1.84. The molecule has 0 radical (unpaired) electrons. The monoisotopic (exact) mass is 236 g/mol. The number of aromatic amines is 1. The van der Waals surface area contributed by atoms with E-state index in [1.54, 1.807) is 6.92 Å². The van der Waals surface area contributed by atoms with Crippen molar-refractivity contribution in [3.8, 4) is 0 Å². The van der Waals surface area contributed by atoms with Gasteiger partial charge in [-0.3, -0.25) is 14.3 Å². The summed E-state index contributed by atoms with van der Waals surface area (Å²) in [5.41, 5.74) is -0.562. The molecule has 0 aliphatic carbocycles. The second kappa shape index (κ2) is 4.10. The van der Waals surface area contributed by atoms with Gasteiger partial charge in [0.05, 0.1) is 18.0 Å². The van der Waals surface area contributed by atoms with Gasteiger partial charge >= 0.3 is 5.69 Å². The van der Waals surface area contributed by atoms with Crippen LogP contribution >= 0.6 is 0 Å². The first-order valence-corrected chi connectivity index (χ1v) is 5.18. The average molecular weight is 236 g/mol. The first kappa shape index (κ1) is 11.5. The third-order valence-electron chi connectivity index (χ3n) is 2.56. The van der Waals surface area contributed by atoms with Crippen LogP contribution in [0.1, 0.15) is 25.1 Å². The minimum atomic E-state index is -0.761. The van der Waals surface area contributed by atoms with Crippen LogP contribution in [0.3, 0.4) is 0 Å². The molecule has 0 fully saturated rings. The predicted octanol–water partition coefficient (Wildman–Crippen LogP) is -0.540. The molecule has 90 valence electrons. The molecule has 0 aliphatic heterocycles. The summed E-state index contributed by atoms with van der Waals surface area (Å²) < 4.78 is 0.916. The molecule has 2 aromatic heterocycles. The van der Waals surface area contributed by atoms with Crippen molar-refractivity contribution in [3.05, 3.63) is 32.7 Å². The van der Waals surface area contributed by atoms with Gasteiger partial charge in [0.2, 0.25) is 0 Å². The van der Waals surface area contributed by atoms with Crippen LogP contribution in [0, 0.1) is 0 Å². The van der Waals surface area contributed by atoms with Crippen LogP contribution in [0.5, 0.6) is 0 Å². The lowest BCUT2D eigenvalue weighted by Gasteiger charge is -2.07. The first-order chi connectivity index (χ1) is 8.04. The quantitative estimate of drug-likeness (QED) is 0.729. The second-order valence-corrected chi connectivity index (χ2v) is 3.71. The summed E-state index contributed by atoms with van der Waals surface area (Å²) in [6.07, 6.45) is 1.07. The number of H-pyrrole nitrogens is 1. The summed E-state index contributed by atoms with van der Waals surface area (Å²) in [7, 11) is 1.35. The Labute approximate surface area is 95.8 Å². The van der Waals surface area contributed by atoms with Crippen molar-refractivity contribution in [1.82, 2.24) is 19.5 Å². The lowest BCUT2D eigenvalue weighted by atomic mass is 10.2. The van der Waals surface area contributed by atoms with E-state index < -0.39 is 17.4 Å². The topological polar surface area (TPSA) is 101 Å². The van der Waals surface area contributed by atoms with Gasteiger partial charge in [-0.15, -0.1) is 0 Å². The van der Waals surface area contributed by atoms with Crippen LogP contribution in [0.4, 0.5) is 0 Å². The summed E-state index contributed by atoms with van der Waals surface area (Å²) in [6, 6.07) is 0. The summed E-state index contributed by atoms with van der Waals surface area (Å²) in [4.78, 5) is 33.5. The van der Waals surface area contributed by atoms with Gasteiger partial charge < -0.3 is 5.11 Å². The Morgan fingerprint density at radius 1 is 1.53 bits per heavy atom. The number of nitrogens with zero attached hydrogens (tertiary/aromatic N) is 3. The number of fused-ring (bicyclic) bond motifs is 1. The molecule has 7 nitrogen and oxygen atoms in total. The molecule has 0 spiro atoms. The van der Waals surface area contributed by atoms with Crippen molar-refractivity contribution in [1.29, 1.82) is 0 Å². The molecule has 0 bridgehead atoms. The molecular weight excluding hydrogens is 224 g/mol. The van der Waals surface area contributed by atoms with E-state index in [1.807, 2.05) is 0 Å². The highest BCUT2D eigenvalue weighted by atomic mass is 16.3. The molecule has 0 saturated heterocycles. The van der Waals surface area contributed by atoms with E-state index >= 15 is 0 Å². The number of nitrogens with one attached hydrogen (secondary N) is 1. The van der Waals surface area contributed by atoms with Crippen LogP contribution in [0.25, 0.3) is 11.2 Å². The zero-order valence-corrected chi connectivity index (χ0v) is 9.47. The van der Waals surface area contributed by atoms with Gasteiger partial charge in [0.1, 0.15) is 0 Å². The van der Waals surface area contributed by atoms with Gasteiger partial charge in [0, 0.05) is 7.05 Å². The Bertz CT molecular complexity index is 673. The van der Waals surface area contributed by atoms with Gasteiger partial charge in [0.15, 0.2) is 11.2 Å². The van der Waals surface area contributed by atoms with Crippen LogP contribution in [0.2, 0.25) is 0 Å². The van der Waals surface area contributed by atoms with Crippen LogP contribution in [0.15, 0.2) is 15.8 Å². The molecule has 17 heavy (non-hydrogen) atoms. The van der Waals surface area contributed by atoms with Crippen molar-refractivity contribution in [2.24, 2.45) is 7.05 Å². The molecule has 0 unspecified atom stereocenters. The molecule has 0 aliphatic rings. The maximum absolute atomic E-state index is 11.8. The van der Waals surface area contributed by atoms with Crippen molar-refractivity contribution in [3.63, 3.8) is 0 Å². The summed E-state index contributed by atoms with van der Waals surface area (Å²) in [5.74, 6) is 0.